The second kappa shape index (κ2) is 5.27. The standard InChI is InChI=1S/C13H19N3O/c1-10(11-4-2-6-15-8-11)13(17)16-7-3-5-12(14)9-16/h2,4,6,8,10,12H,3,5,7,9,14H2,1H3. The predicted octanol–water partition coefficient (Wildman–Crippen LogP) is 1.13. The van der Waals surface area contributed by atoms with Crippen LogP contribution in [0, 0.1) is 0 Å². The number of pyridine rings is 1. The van der Waals surface area contributed by atoms with Crippen LogP contribution in [0.25, 0.3) is 0 Å². The molecule has 1 saturated heterocycles. The lowest BCUT2D eigenvalue weighted by atomic mass is 9.99. The molecule has 4 heteroatoms. The Morgan fingerprint density at radius 3 is 3.12 bits per heavy atom. The first-order valence-corrected chi connectivity index (χ1v) is 6.13. The van der Waals surface area contributed by atoms with Gasteiger partial charge in [-0.25, -0.2) is 0 Å². The van der Waals surface area contributed by atoms with Crippen LogP contribution >= 0.6 is 0 Å². The zero-order chi connectivity index (χ0) is 12.3. The molecule has 17 heavy (non-hydrogen) atoms. The number of hydrogen-bond donors (Lipinski definition) is 1. The molecular formula is C13H19N3O. The van der Waals surface area contributed by atoms with Gasteiger partial charge in [0.25, 0.3) is 0 Å². The molecule has 0 aliphatic carbocycles. The van der Waals surface area contributed by atoms with Crippen molar-refractivity contribution in [2.24, 2.45) is 5.73 Å². The minimum atomic E-state index is -0.131. The third-order valence-corrected chi connectivity index (χ3v) is 3.32. The van der Waals surface area contributed by atoms with Crippen molar-refractivity contribution in [1.29, 1.82) is 0 Å². The fourth-order valence-electron chi connectivity index (χ4n) is 2.26. The van der Waals surface area contributed by atoms with Crippen LogP contribution in [-0.2, 0) is 4.79 Å². The van der Waals surface area contributed by atoms with Crippen LogP contribution in [0.15, 0.2) is 24.5 Å². The smallest absolute Gasteiger partial charge is 0.229 e. The highest BCUT2D eigenvalue weighted by Gasteiger charge is 2.25. The Morgan fingerprint density at radius 1 is 1.65 bits per heavy atom. The van der Waals surface area contributed by atoms with Gasteiger partial charge in [0.15, 0.2) is 0 Å². The quantitative estimate of drug-likeness (QED) is 0.833. The lowest BCUT2D eigenvalue weighted by Gasteiger charge is -2.32. The minimum absolute atomic E-state index is 0.131. The van der Waals surface area contributed by atoms with E-state index in [9.17, 15) is 4.79 Å². The normalized spacial score (nSPS) is 22.2. The Kier molecular flexibility index (Phi) is 3.74. The number of nitrogens with two attached hydrogens (primary N) is 1. The van der Waals surface area contributed by atoms with E-state index in [-0.39, 0.29) is 17.9 Å². The Bertz CT molecular complexity index is 380. The van der Waals surface area contributed by atoms with Crippen molar-refractivity contribution in [1.82, 2.24) is 9.88 Å². The van der Waals surface area contributed by atoms with E-state index in [0.717, 1.165) is 24.9 Å². The zero-order valence-corrected chi connectivity index (χ0v) is 10.2. The van der Waals surface area contributed by atoms with Crippen LogP contribution in [-0.4, -0.2) is 34.9 Å². The van der Waals surface area contributed by atoms with Gasteiger partial charge in [0.05, 0.1) is 5.92 Å². The van der Waals surface area contributed by atoms with Crippen LogP contribution in [0.3, 0.4) is 0 Å². The van der Waals surface area contributed by atoms with E-state index in [1.54, 1.807) is 12.4 Å². The summed E-state index contributed by atoms with van der Waals surface area (Å²) in [6, 6.07) is 3.94. The third-order valence-electron chi connectivity index (χ3n) is 3.32. The molecule has 2 atom stereocenters. The molecule has 1 amide bonds. The highest BCUT2D eigenvalue weighted by atomic mass is 16.2. The summed E-state index contributed by atoms with van der Waals surface area (Å²) in [5, 5.41) is 0. The van der Waals surface area contributed by atoms with Crippen molar-refractivity contribution in [2.45, 2.75) is 31.7 Å². The molecule has 1 aromatic rings. The van der Waals surface area contributed by atoms with E-state index < -0.39 is 0 Å². The molecular weight excluding hydrogens is 214 g/mol. The molecule has 4 nitrogen and oxygen atoms in total. The molecule has 2 N–H and O–H groups in total. The summed E-state index contributed by atoms with van der Waals surface area (Å²) >= 11 is 0. The maximum Gasteiger partial charge on any atom is 0.229 e. The SMILES string of the molecule is CC(C(=O)N1CCCC(N)C1)c1cccnc1. The van der Waals surface area contributed by atoms with E-state index in [4.69, 9.17) is 5.73 Å². The van der Waals surface area contributed by atoms with Gasteiger partial charge in [-0.05, 0) is 31.4 Å². The highest BCUT2D eigenvalue weighted by Crippen LogP contribution is 2.19. The van der Waals surface area contributed by atoms with E-state index in [2.05, 4.69) is 4.98 Å². The molecule has 92 valence electrons. The molecule has 1 fully saturated rings. The maximum absolute atomic E-state index is 12.3. The fourth-order valence-corrected chi connectivity index (χ4v) is 2.26. The Labute approximate surface area is 102 Å². The number of carbonyl (C=O) groups excluding carboxylic acids is 1. The van der Waals surface area contributed by atoms with Crippen LogP contribution in [0.4, 0.5) is 0 Å². The first-order chi connectivity index (χ1) is 8.18. The first-order valence-electron chi connectivity index (χ1n) is 6.13. The number of nitrogens with zero attached hydrogens (tertiary/aromatic N) is 2. The summed E-state index contributed by atoms with van der Waals surface area (Å²) < 4.78 is 0. The van der Waals surface area contributed by atoms with Gasteiger partial charge >= 0.3 is 0 Å². The van der Waals surface area contributed by atoms with Crippen molar-refractivity contribution < 1.29 is 4.79 Å². The minimum Gasteiger partial charge on any atom is -0.341 e. The summed E-state index contributed by atoms with van der Waals surface area (Å²) in [7, 11) is 0. The molecule has 0 radical (unpaired) electrons. The topological polar surface area (TPSA) is 59.2 Å². The predicted molar refractivity (Wildman–Crippen MR) is 66.4 cm³/mol. The van der Waals surface area contributed by atoms with Gasteiger partial charge in [0.2, 0.25) is 5.91 Å². The van der Waals surface area contributed by atoms with Gasteiger partial charge in [-0.3, -0.25) is 9.78 Å². The lowest BCUT2D eigenvalue weighted by Crippen LogP contribution is -2.47. The van der Waals surface area contributed by atoms with Gasteiger partial charge in [-0.2, -0.15) is 0 Å². The zero-order valence-electron chi connectivity index (χ0n) is 10.2. The molecule has 2 rings (SSSR count). The number of aromatic nitrogens is 1. The molecule has 0 bridgehead atoms. The van der Waals surface area contributed by atoms with Crippen molar-refractivity contribution in [3.63, 3.8) is 0 Å². The van der Waals surface area contributed by atoms with E-state index >= 15 is 0 Å². The fraction of sp³-hybridized carbons (Fsp3) is 0.538. The Balaban J connectivity index is 2.04. The summed E-state index contributed by atoms with van der Waals surface area (Å²) in [4.78, 5) is 18.2. The number of amides is 1. The monoisotopic (exact) mass is 233 g/mol. The molecule has 2 heterocycles. The maximum atomic E-state index is 12.3. The van der Waals surface area contributed by atoms with E-state index in [1.807, 2.05) is 24.0 Å². The third kappa shape index (κ3) is 2.82. The number of likely N-dealkylation sites (tertiary alicyclic amines) is 1. The molecule has 0 spiro atoms. The average Bonchev–Trinajstić information content (AvgIpc) is 2.38. The Morgan fingerprint density at radius 2 is 2.47 bits per heavy atom. The highest BCUT2D eigenvalue weighted by molar-refractivity contribution is 5.83. The summed E-state index contributed by atoms with van der Waals surface area (Å²) in [6.45, 7) is 3.44. The van der Waals surface area contributed by atoms with Crippen LogP contribution in [0.1, 0.15) is 31.2 Å². The van der Waals surface area contributed by atoms with E-state index in [0.29, 0.717) is 6.54 Å². The summed E-state index contributed by atoms with van der Waals surface area (Å²) in [5.41, 5.74) is 6.86. The van der Waals surface area contributed by atoms with Crippen LogP contribution in [0.2, 0.25) is 0 Å². The van der Waals surface area contributed by atoms with Crippen molar-refractivity contribution in [3.05, 3.63) is 30.1 Å². The molecule has 0 saturated carbocycles. The number of carbonyl (C=O) groups is 1. The number of piperidine rings is 1. The lowest BCUT2D eigenvalue weighted by molar-refractivity contribution is -0.133. The first kappa shape index (κ1) is 12.0. The molecule has 0 aromatic carbocycles. The summed E-state index contributed by atoms with van der Waals surface area (Å²) in [5.74, 6) is 0.0298. The number of rotatable bonds is 2. The van der Waals surface area contributed by atoms with Gasteiger partial charge < -0.3 is 10.6 Å². The largest absolute Gasteiger partial charge is 0.341 e. The van der Waals surface area contributed by atoms with Crippen LogP contribution in [0.5, 0.6) is 0 Å². The van der Waals surface area contributed by atoms with E-state index in [1.165, 1.54) is 0 Å². The number of hydrogen-bond acceptors (Lipinski definition) is 3. The average molecular weight is 233 g/mol. The molecule has 1 aliphatic heterocycles. The van der Waals surface area contributed by atoms with Gasteiger partial charge in [0.1, 0.15) is 0 Å². The molecule has 2 unspecified atom stereocenters. The van der Waals surface area contributed by atoms with Gasteiger partial charge in [0, 0.05) is 31.5 Å². The molecule has 1 aliphatic rings. The van der Waals surface area contributed by atoms with Crippen molar-refractivity contribution >= 4 is 5.91 Å². The van der Waals surface area contributed by atoms with Crippen molar-refractivity contribution in [3.8, 4) is 0 Å². The Hall–Kier alpha value is -1.42. The van der Waals surface area contributed by atoms with Crippen LogP contribution < -0.4 is 5.73 Å². The van der Waals surface area contributed by atoms with Gasteiger partial charge in [-0.1, -0.05) is 6.07 Å². The summed E-state index contributed by atoms with van der Waals surface area (Å²) in [6.07, 6.45) is 5.50. The second-order valence-corrected chi connectivity index (χ2v) is 4.69. The van der Waals surface area contributed by atoms with Crippen molar-refractivity contribution in [2.75, 3.05) is 13.1 Å². The molecule has 1 aromatic heterocycles. The second-order valence-electron chi connectivity index (χ2n) is 4.69. The van der Waals surface area contributed by atoms with Gasteiger partial charge in [-0.15, -0.1) is 0 Å².